The Balaban J connectivity index is 2.10. The zero-order valence-corrected chi connectivity index (χ0v) is 13.5. The number of rotatable bonds is 7. The second-order valence-corrected chi connectivity index (χ2v) is 5.56. The molecule has 1 aliphatic heterocycles. The van der Waals surface area contributed by atoms with Gasteiger partial charge in [0.05, 0.1) is 6.61 Å². The van der Waals surface area contributed by atoms with Crippen LogP contribution in [0.5, 0.6) is 0 Å². The summed E-state index contributed by atoms with van der Waals surface area (Å²) < 4.78 is 11.1. The summed E-state index contributed by atoms with van der Waals surface area (Å²) in [5.41, 5.74) is 0.793. The van der Waals surface area contributed by atoms with Gasteiger partial charge in [-0.1, -0.05) is 6.92 Å². The number of nitrogens with zero attached hydrogens (tertiary/aromatic N) is 2. The van der Waals surface area contributed by atoms with Gasteiger partial charge in [-0.25, -0.2) is 9.97 Å². The highest BCUT2D eigenvalue weighted by atomic mass is 16.5. The van der Waals surface area contributed by atoms with Crippen molar-refractivity contribution in [3.8, 4) is 0 Å². The minimum absolute atomic E-state index is 0.248. The van der Waals surface area contributed by atoms with Crippen molar-refractivity contribution in [1.82, 2.24) is 9.97 Å². The highest BCUT2D eigenvalue weighted by Gasteiger charge is 2.35. The van der Waals surface area contributed by atoms with Crippen LogP contribution in [0.25, 0.3) is 0 Å². The van der Waals surface area contributed by atoms with Crippen molar-refractivity contribution in [3.05, 3.63) is 11.4 Å². The summed E-state index contributed by atoms with van der Waals surface area (Å²) >= 11 is 0. The first-order valence-electron chi connectivity index (χ1n) is 7.56. The highest BCUT2D eigenvalue weighted by molar-refractivity contribution is 5.57. The first kappa shape index (κ1) is 16.0. The second-order valence-electron chi connectivity index (χ2n) is 5.56. The van der Waals surface area contributed by atoms with E-state index in [4.69, 9.17) is 9.47 Å². The molecule has 0 radical (unpaired) electrons. The summed E-state index contributed by atoms with van der Waals surface area (Å²) in [6.07, 6.45) is 1.97. The summed E-state index contributed by atoms with van der Waals surface area (Å²) in [6, 6.07) is 0. The number of hydrogen-bond acceptors (Lipinski definition) is 6. The zero-order valence-electron chi connectivity index (χ0n) is 13.5. The largest absolute Gasteiger partial charge is 0.378 e. The maximum Gasteiger partial charge on any atom is 0.134 e. The molecule has 1 saturated heterocycles. The third-order valence-electron chi connectivity index (χ3n) is 3.88. The van der Waals surface area contributed by atoms with Crippen LogP contribution >= 0.6 is 0 Å². The second kappa shape index (κ2) is 7.04. The van der Waals surface area contributed by atoms with E-state index in [0.29, 0.717) is 13.2 Å². The van der Waals surface area contributed by atoms with E-state index in [-0.39, 0.29) is 5.60 Å². The molecule has 6 heteroatoms. The van der Waals surface area contributed by atoms with Crippen LogP contribution in [0.1, 0.15) is 31.2 Å². The molecular formula is C15H26N4O2. The van der Waals surface area contributed by atoms with E-state index in [0.717, 1.165) is 49.0 Å². The predicted octanol–water partition coefficient (Wildman–Crippen LogP) is 2.13. The standard InChI is InChI=1S/C15H26N4O2/c1-5-7-16-13-11(2)14(19-12(3)18-13)17-9-15(20-4)6-8-21-10-15/h5-10H2,1-4H3,(H2,16,17,18,19). The molecule has 0 saturated carbocycles. The minimum atomic E-state index is -0.248. The Morgan fingerprint density at radius 1 is 1.24 bits per heavy atom. The van der Waals surface area contributed by atoms with Crippen LogP contribution in [-0.4, -0.2) is 49.0 Å². The third-order valence-corrected chi connectivity index (χ3v) is 3.88. The van der Waals surface area contributed by atoms with Gasteiger partial charge in [0.15, 0.2) is 0 Å². The summed E-state index contributed by atoms with van der Waals surface area (Å²) in [6.45, 7) is 9.05. The molecule has 1 fully saturated rings. The van der Waals surface area contributed by atoms with Crippen LogP contribution < -0.4 is 10.6 Å². The van der Waals surface area contributed by atoms with E-state index in [1.54, 1.807) is 7.11 Å². The molecule has 21 heavy (non-hydrogen) atoms. The molecule has 0 aliphatic carbocycles. The van der Waals surface area contributed by atoms with E-state index < -0.39 is 0 Å². The molecule has 1 aliphatic rings. The summed E-state index contributed by atoms with van der Waals surface area (Å²) in [4.78, 5) is 8.98. The quantitative estimate of drug-likeness (QED) is 0.803. The monoisotopic (exact) mass is 294 g/mol. The maximum atomic E-state index is 5.64. The molecule has 2 rings (SSSR count). The van der Waals surface area contributed by atoms with Gasteiger partial charge in [0, 0.05) is 38.8 Å². The number of aryl methyl sites for hydroxylation is 1. The molecule has 1 aromatic rings. The smallest absolute Gasteiger partial charge is 0.134 e. The minimum Gasteiger partial charge on any atom is -0.378 e. The molecule has 2 heterocycles. The molecule has 118 valence electrons. The van der Waals surface area contributed by atoms with Gasteiger partial charge in [-0.05, 0) is 20.3 Å². The lowest BCUT2D eigenvalue weighted by Crippen LogP contribution is -2.40. The van der Waals surface area contributed by atoms with Crippen LogP contribution in [0.2, 0.25) is 0 Å². The van der Waals surface area contributed by atoms with Gasteiger partial charge in [0.2, 0.25) is 0 Å². The Morgan fingerprint density at radius 2 is 1.95 bits per heavy atom. The number of anilines is 2. The molecule has 1 unspecified atom stereocenters. The number of nitrogens with one attached hydrogen (secondary N) is 2. The molecule has 0 spiro atoms. The van der Waals surface area contributed by atoms with Gasteiger partial charge in [-0.15, -0.1) is 0 Å². The van der Waals surface area contributed by atoms with E-state index in [1.165, 1.54) is 0 Å². The van der Waals surface area contributed by atoms with Crippen LogP contribution in [0.4, 0.5) is 11.6 Å². The van der Waals surface area contributed by atoms with Gasteiger partial charge in [0.1, 0.15) is 23.1 Å². The van der Waals surface area contributed by atoms with Crippen molar-refractivity contribution in [2.75, 3.05) is 44.0 Å². The zero-order chi connectivity index (χ0) is 15.3. The lowest BCUT2D eigenvalue weighted by Gasteiger charge is -2.26. The molecule has 6 nitrogen and oxygen atoms in total. The Labute approximate surface area is 126 Å². The van der Waals surface area contributed by atoms with E-state index in [9.17, 15) is 0 Å². The summed E-state index contributed by atoms with van der Waals surface area (Å²) in [7, 11) is 1.74. The molecule has 1 atom stereocenters. The Hall–Kier alpha value is -1.40. The van der Waals surface area contributed by atoms with Crippen LogP contribution in [0.15, 0.2) is 0 Å². The lowest BCUT2D eigenvalue weighted by molar-refractivity contribution is -0.00626. The first-order valence-corrected chi connectivity index (χ1v) is 7.56. The van der Waals surface area contributed by atoms with Gasteiger partial charge in [-0.3, -0.25) is 0 Å². The number of methoxy groups -OCH3 is 1. The van der Waals surface area contributed by atoms with Gasteiger partial charge in [0.25, 0.3) is 0 Å². The third kappa shape index (κ3) is 3.83. The molecular weight excluding hydrogens is 268 g/mol. The Bertz CT molecular complexity index is 473. The fourth-order valence-electron chi connectivity index (χ4n) is 2.42. The van der Waals surface area contributed by atoms with Crippen LogP contribution in [0, 0.1) is 13.8 Å². The van der Waals surface area contributed by atoms with Gasteiger partial charge >= 0.3 is 0 Å². The van der Waals surface area contributed by atoms with Crippen LogP contribution in [0.3, 0.4) is 0 Å². The summed E-state index contributed by atoms with van der Waals surface area (Å²) in [5, 5.41) is 6.76. The van der Waals surface area contributed by atoms with Crippen molar-refractivity contribution >= 4 is 11.6 Å². The predicted molar refractivity (Wildman–Crippen MR) is 84.0 cm³/mol. The molecule has 2 N–H and O–H groups in total. The topological polar surface area (TPSA) is 68.3 Å². The average Bonchev–Trinajstić information content (AvgIpc) is 2.96. The van der Waals surface area contributed by atoms with E-state index in [1.807, 2.05) is 13.8 Å². The SMILES string of the molecule is CCCNc1nc(C)nc(NCC2(OC)CCOC2)c1C. The fourth-order valence-corrected chi connectivity index (χ4v) is 2.42. The van der Waals surface area contributed by atoms with Crippen molar-refractivity contribution in [2.45, 2.75) is 39.2 Å². The number of aromatic nitrogens is 2. The van der Waals surface area contributed by atoms with Crippen molar-refractivity contribution in [3.63, 3.8) is 0 Å². The molecule has 1 aromatic heterocycles. The Kier molecular flexibility index (Phi) is 5.36. The average molecular weight is 294 g/mol. The number of ether oxygens (including phenoxy) is 2. The molecule has 0 bridgehead atoms. The van der Waals surface area contributed by atoms with E-state index in [2.05, 4.69) is 27.5 Å². The number of hydrogen-bond donors (Lipinski definition) is 2. The van der Waals surface area contributed by atoms with Crippen molar-refractivity contribution in [1.29, 1.82) is 0 Å². The highest BCUT2D eigenvalue weighted by Crippen LogP contribution is 2.25. The first-order chi connectivity index (χ1) is 10.1. The fraction of sp³-hybridized carbons (Fsp3) is 0.733. The Morgan fingerprint density at radius 3 is 2.52 bits per heavy atom. The van der Waals surface area contributed by atoms with Crippen molar-refractivity contribution < 1.29 is 9.47 Å². The summed E-state index contributed by atoms with van der Waals surface area (Å²) in [5.74, 6) is 2.53. The normalized spacial score (nSPS) is 21.5. The van der Waals surface area contributed by atoms with E-state index >= 15 is 0 Å². The van der Waals surface area contributed by atoms with Gasteiger partial charge < -0.3 is 20.1 Å². The van der Waals surface area contributed by atoms with Crippen LogP contribution in [-0.2, 0) is 9.47 Å². The maximum absolute atomic E-state index is 5.64. The lowest BCUT2D eigenvalue weighted by atomic mass is 10.0. The molecule has 0 amide bonds. The van der Waals surface area contributed by atoms with Gasteiger partial charge in [-0.2, -0.15) is 0 Å². The van der Waals surface area contributed by atoms with Crippen molar-refractivity contribution in [2.24, 2.45) is 0 Å². The molecule has 0 aromatic carbocycles.